The highest BCUT2D eigenvalue weighted by Crippen LogP contribution is 2.18. The van der Waals surface area contributed by atoms with E-state index < -0.39 is 0 Å². The summed E-state index contributed by atoms with van der Waals surface area (Å²) in [6.07, 6.45) is 2.14. The fraction of sp³-hybridized carbons (Fsp3) is 0.667. The summed E-state index contributed by atoms with van der Waals surface area (Å²) in [5.74, 6) is 0.606. The predicted octanol–water partition coefficient (Wildman–Crippen LogP) is 0.704. The fourth-order valence-corrected chi connectivity index (χ4v) is 0.908. The number of aromatic nitrogens is 3. The molecule has 0 spiro atoms. The van der Waals surface area contributed by atoms with Crippen LogP contribution in [0, 0.1) is 0 Å². The van der Waals surface area contributed by atoms with Crippen LogP contribution in [0.4, 0.5) is 0 Å². The first-order valence-corrected chi connectivity index (χ1v) is 4.34. The monoisotopic (exact) mass is 181 g/mol. The molecule has 0 unspecified atom stereocenters. The normalized spacial score (nSPS) is 11.7. The summed E-state index contributed by atoms with van der Waals surface area (Å²) >= 11 is 0. The molecule has 1 N–H and O–H groups in total. The van der Waals surface area contributed by atoms with Gasteiger partial charge in [0.25, 0.3) is 0 Å². The molecule has 1 aromatic rings. The van der Waals surface area contributed by atoms with E-state index in [1.54, 1.807) is 6.20 Å². The molecule has 1 heterocycles. The molecular formula is C9H15N3O. The van der Waals surface area contributed by atoms with Crippen LogP contribution in [0.15, 0.2) is 6.20 Å². The zero-order valence-corrected chi connectivity index (χ0v) is 8.28. The molecular weight excluding hydrogens is 166 g/mol. The SMILES string of the molecule is CC(C)(C)c1cnnc(CCO)n1. The minimum Gasteiger partial charge on any atom is -0.396 e. The van der Waals surface area contributed by atoms with Gasteiger partial charge in [0.2, 0.25) is 0 Å². The van der Waals surface area contributed by atoms with Crippen molar-refractivity contribution in [2.75, 3.05) is 6.61 Å². The molecule has 0 aliphatic carbocycles. The number of aliphatic hydroxyl groups excluding tert-OH is 1. The van der Waals surface area contributed by atoms with Gasteiger partial charge < -0.3 is 5.11 Å². The van der Waals surface area contributed by atoms with E-state index in [1.165, 1.54) is 0 Å². The molecule has 0 bridgehead atoms. The first kappa shape index (κ1) is 10.1. The zero-order valence-electron chi connectivity index (χ0n) is 8.28. The van der Waals surface area contributed by atoms with Crippen LogP contribution in [-0.4, -0.2) is 26.9 Å². The molecule has 0 radical (unpaired) electrons. The maximum Gasteiger partial charge on any atom is 0.153 e. The van der Waals surface area contributed by atoms with Crippen molar-refractivity contribution in [2.24, 2.45) is 0 Å². The molecule has 0 atom stereocenters. The predicted molar refractivity (Wildman–Crippen MR) is 49.3 cm³/mol. The number of hydrogen-bond donors (Lipinski definition) is 1. The van der Waals surface area contributed by atoms with Gasteiger partial charge in [-0.3, -0.25) is 0 Å². The Labute approximate surface area is 78.0 Å². The fourth-order valence-electron chi connectivity index (χ4n) is 0.908. The lowest BCUT2D eigenvalue weighted by Gasteiger charge is -2.16. The van der Waals surface area contributed by atoms with E-state index in [9.17, 15) is 0 Å². The van der Waals surface area contributed by atoms with Gasteiger partial charge in [0, 0.05) is 11.8 Å². The van der Waals surface area contributed by atoms with Crippen molar-refractivity contribution in [1.82, 2.24) is 15.2 Å². The maximum atomic E-state index is 8.71. The summed E-state index contributed by atoms with van der Waals surface area (Å²) < 4.78 is 0. The molecule has 0 aliphatic rings. The molecule has 4 heteroatoms. The van der Waals surface area contributed by atoms with E-state index >= 15 is 0 Å². The average molecular weight is 181 g/mol. The first-order chi connectivity index (χ1) is 6.04. The smallest absolute Gasteiger partial charge is 0.153 e. The van der Waals surface area contributed by atoms with Gasteiger partial charge in [-0.25, -0.2) is 4.98 Å². The first-order valence-electron chi connectivity index (χ1n) is 4.34. The number of nitrogens with zero attached hydrogens (tertiary/aromatic N) is 3. The van der Waals surface area contributed by atoms with Crippen LogP contribution in [0.1, 0.15) is 32.3 Å². The Morgan fingerprint density at radius 3 is 2.62 bits per heavy atom. The standard InChI is InChI=1S/C9H15N3O/c1-9(2,3)7-6-10-12-8(11-7)4-5-13/h6,13H,4-5H2,1-3H3. The minimum absolute atomic E-state index is 0.0137. The van der Waals surface area contributed by atoms with Crippen LogP contribution in [-0.2, 0) is 11.8 Å². The van der Waals surface area contributed by atoms with Crippen LogP contribution in [0.3, 0.4) is 0 Å². The second kappa shape index (κ2) is 3.79. The van der Waals surface area contributed by atoms with Crippen LogP contribution in [0.2, 0.25) is 0 Å². The van der Waals surface area contributed by atoms with E-state index in [4.69, 9.17) is 5.11 Å². The Kier molecular flexibility index (Phi) is 2.93. The summed E-state index contributed by atoms with van der Waals surface area (Å²) in [4.78, 5) is 4.30. The van der Waals surface area contributed by atoms with Crippen molar-refractivity contribution < 1.29 is 5.11 Å². The quantitative estimate of drug-likeness (QED) is 0.729. The molecule has 13 heavy (non-hydrogen) atoms. The maximum absolute atomic E-state index is 8.71. The lowest BCUT2D eigenvalue weighted by molar-refractivity contribution is 0.295. The van der Waals surface area contributed by atoms with Crippen LogP contribution < -0.4 is 0 Å². The van der Waals surface area contributed by atoms with Crippen molar-refractivity contribution in [3.8, 4) is 0 Å². The highest BCUT2D eigenvalue weighted by molar-refractivity contribution is 5.08. The van der Waals surface area contributed by atoms with Crippen molar-refractivity contribution in [2.45, 2.75) is 32.6 Å². The number of rotatable bonds is 2. The lowest BCUT2D eigenvalue weighted by Crippen LogP contribution is -2.16. The Hall–Kier alpha value is -1.03. The lowest BCUT2D eigenvalue weighted by atomic mass is 9.93. The molecule has 0 aromatic carbocycles. The van der Waals surface area contributed by atoms with Crippen molar-refractivity contribution >= 4 is 0 Å². The van der Waals surface area contributed by atoms with E-state index in [-0.39, 0.29) is 12.0 Å². The Morgan fingerprint density at radius 2 is 2.08 bits per heavy atom. The van der Waals surface area contributed by atoms with Gasteiger partial charge in [0.15, 0.2) is 5.82 Å². The molecule has 0 saturated heterocycles. The van der Waals surface area contributed by atoms with Gasteiger partial charge >= 0.3 is 0 Å². The van der Waals surface area contributed by atoms with Crippen LogP contribution in [0.25, 0.3) is 0 Å². The van der Waals surface area contributed by atoms with Gasteiger partial charge in [0.05, 0.1) is 18.5 Å². The van der Waals surface area contributed by atoms with Crippen LogP contribution >= 0.6 is 0 Å². The van der Waals surface area contributed by atoms with Crippen molar-refractivity contribution in [3.05, 3.63) is 17.7 Å². The third-order valence-corrected chi connectivity index (χ3v) is 1.71. The molecule has 0 amide bonds. The molecule has 0 aliphatic heterocycles. The Balaban J connectivity index is 2.92. The van der Waals surface area contributed by atoms with E-state index in [1.807, 2.05) is 0 Å². The Morgan fingerprint density at radius 1 is 1.38 bits per heavy atom. The summed E-state index contributed by atoms with van der Waals surface area (Å²) in [6, 6.07) is 0. The highest BCUT2D eigenvalue weighted by atomic mass is 16.3. The topological polar surface area (TPSA) is 58.9 Å². The summed E-state index contributed by atoms with van der Waals surface area (Å²) in [6.45, 7) is 6.27. The van der Waals surface area contributed by atoms with Crippen LogP contribution in [0.5, 0.6) is 0 Å². The largest absolute Gasteiger partial charge is 0.396 e. The molecule has 1 aromatic heterocycles. The third-order valence-electron chi connectivity index (χ3n) is 1.71. The van der Waals surface area contributed by atoms with E-state index in [2.05, 4.69) is 36.0 Å². The van der Waals surface area contributed by atoms with Gasteiger partial charge in [-0.05, 0) is 0 Å². The number of aliphatic hydroxyl groups is 1. The van der Waals surface area contributed by atoms with Gasteiger partial charge in [-0.15, -0.1) is 5.10 Å². The highest BCUT2D eigenvalue weighted by Gasteiger charge is 2.16. The van der Waals surface area contributed by atoms with Crippen molar-refractivity contribution in [3.63, 3.8) is 0 Å². The molecule has 0 saturated carbocycles. The zero-order chi connectivity index (χ0) is 9.90. The second-order valence-corrected chi connectivity index (χ2v) is 3.98. The van der Waals surface area contributed by atoms with Gasteiger partial charge in [-0.1, -0.05) is 20.8 Å². The summed E-state index contributed by atoms with van der Waals surface area (Å²) in [5, 5.41) is 16.4. The molecule has 72 valence electrons. The van der Waals surface area contributed by atoms with E-state index in [0.717, 1.165) is 5.69 Å². The Bertz CT molecular complexity index is 280. The second-order valence-electron chi connectivity index (χ2n) is 3.98. The van der Waals surface area contributed by atoms with Gasteiger partial charge in [0.1, 0.15) is 0 Å². The van der Waals surface area contributed by atoms with E-state index in [0.29, 0.717) is 12.2 Å². The van der Waals surface area contributed by atoms with Crippen molar-refractivity contribution in [1.29, 1.82) is 0 Å². The average Bonchev–Trinajstić information content (AvgIpc) is 2.04. The summed E-state index contributed by atoms with van der Waals surface area (Å²) in [7, 11) is 0. The molecule has 0 fully saturated rings. The van der Waals surface area contributed by atoms with Gasteiger partial charge in [-0.2, -0.15) is 5.10 Å². The third kappa shape index (κ3) is 2.73. The summed E-state index contributed by atoms with van der Waals surface area (Å²) in [5.41, 5.74) is 0.895. The minimum atomic E-state index is -0.0137. The molecule has 1 rings (SSSR count). The number of hydrogen-bond acceptors (Lipinski definition) is 4. The molecule has 4 nitrogen and oxygen atoms in total.